The number of hydrogen-bond donors (Lipinski definition) is 1. The summed E-state index contributed by atoms with van der Waals surface area (Å²) in [5, 5.41) is 3.22. The minimum absolute atomic E-state index is 0.0157. The Morgan fingerprint density at radius 1 is 0.925 bits per heavy atom. The first-order valence-electron chi connectivity index (χ1n) is 14.6. The molecule has 3 atom stereocenters. The molecule has 1 saturated heterocycles. The highest BCUT2D eigenvalue weighted by molar-refractivity contribution is 6.05. The Bertz CT molecular complexity index is 1240. The van der Waals surface area contributed by atoms with Crippen LogP contribution < -0.4 is 5.32 Å². The van der Waals surface area contributed by atoms with Crippen molar-refractivity contribution in [2.24, 2.45) is 11.8 Å². The number of carbonyl (C=O) groups excluding carboxylic acids is 4. The first-order valence-corrected chi connectivity index (χ1v) is 14.6. The molecule has 2 fully saturated rings. The van der Waals surface area contributed by atoms with Crippen LogP contribution in [0.15, 0.2) is 66.7 Å². The SMILES string of the molecule is Cc1cccc(CN(C(=O)CCN2C(=O)[C@H]3CC=CC[C@H]3C2=O)[C@H](Cc2ccccc2)C(=O)NC2CCCC2)c1. The second-order valence-corrected chi connectivity index (χ2v) is 11.4. The number of amides is 4. The van der Waals surface area contributed by atoms with Crippen molar-refractivity contribution in [1.29, 1.82) is 0 Å². The minimum Gasteiger partial charge on any atom is -0.352 e. The third-order valence-electron chi connectivity index (χ3n) is 8.56. The highest BCUT2D eigenvalue weighted by Gasteiger charge is 2.47. The smallest absolute Gasteiger partial charge is 0.243 e. The van der Waals surface area contributed by atoms with Gasteiger partial charge in [-0.1, -0.05) is 85.2 Å². The number of aryl methyl sites for hydroxylation is 1. The molecule has 5 rings (SSSR count). The lowest BCUT2D eigenvalue weighted by Crippen LogP contribution is -2.52. The average molecular weight is 542 g/mol. The van der Waals surface area contributed by atoms with Gasteiger partial charge in [0.15, 0.2) is 0 Å². The van der Waals surface area contributed by atoms with Gasteiger partial charge < -0.3 is 10.2 Å². The van der Waals surface area contributed by atoms with Gasteiger partial charge in [0.1, 0.15) is 6.04 Å². The van der Waals surface area contributed by atoms with Crippen LogP contribution in [0.1, 0.15) is 61.6 Å². The van der Waals surface area contributed by atoms with Crippen molar-refractivity contribution in [3.63, 3.8) is 0 Å². The molecule has 1 saturated carbocycles. The number of rotatable bonds is 10. The standard InChI is InChI=1S/C33H39N3O4/c1-23-10-9-13-25(20-23)22-36(30(37)18-19-35-32(39)27-16-7-8-17-28(27)33(35)40)29(21-24-11-3-2-4-12-24)31(38)34-26-14-5-6-15-26/h2-4,7-13,20,26-29H,5-6,14-19,21-22H2,1H3,(H,34,38)/t27-,28+,29-/m1/s1. The number of nitrogens with zero attached hydrogens (tertiary/aromatic N) is 2. The summed E-state index contributed by atoms with van der Waals surface area (Å²) in [6, 6.07) is 17.1. The fraction of sp³-hybridized carbons (Fsp3) is 0.455. The van der Waals surface area contributed by atoms with Crippen LogP contribution >= 0.6 is 0 Å². The van der Waals surface area contributed by atoms with Gasteiger partial charge in [0, 0.05) is 32.0 Å². The average Bonchev–Trinajstić information content (AvgIpc) is 3.56. The topological polar surface area (TPSA) is 86.8 Å². The molecule has 2 aromatic carbocycles. The summed E-state index contributed by atoms with van der Waals surface area (Å²) in [6.07, 6.45) is 9.51. The van der Waals surface area contributed by atoms with Crippen molar-refractivity contribution >= 4 is 23.6 Å². The number of likely N-dealkylation sites (tertiary alicyclic amines) is 1. The van der Waals surface area contributed by atoms with Crippen molar-refractivity contribution in [2.75, 3.05) is 6.54 Å². The van der Waals surface area contributed by atoms with E-state index in [2.05, 4.69) is 5.32 Å². The molecular weight excluding hydrogens is 502 g/mol. The summed E-state index contributed by atoms with van der Waals surface area (Å²) in [6.45, 7) is 2.31. The Morgan fingerprint density at radius 2 is 1.57 bits per heavy atom. The molecule has 7 nitrogen and oxygen atoms in total. The summed E-state index contributed by atoms with van der Waals surface area (Å²) in [5.41, 5.74) is 2.98. The van der Waals surface area contributed by atoms with E-state index in [0.29, 0.717) is 19.3 Å². The molecule has 1 N–H and O–H groups in total. The van der Waals surface area contributed by atoms with E-state index in [1.54, 1.807) is 4.90 Å². The number of fused-ring (bicyclic) bond motifs is 1. The Hall–Kier alpha value is -3.74. The van der Waals surface area contributed by atoms with Gasteiger partial charge in [-0.25, -0.2) is 0 Å². The summed E-state index contributed by atoms with van der Waals surface area (Å²) >= 11 is 0. The molecule has 1 aliphatic heterocycles. The number of carbonyl (C=O) groups is 4. The summed E-state index contributed by atoms with van der Waals surface area (Å²) < 4.78 is 0. The predicted octanol–water partition coefficient (Wildman–Crippen LogP) is 4.34. The molecule has 0 unspecified atom stereocenters. The summed E-state index contributed by atoms with van der Waals surface area (Å²) in [7, 11) is 0. The molecular formula is C33H39N3O4. The van der Waals surface area contributed by atoms with E-state index >= 15 is 0 Å². The number of imide groups is 1. The highest BCUT2D eigenvalue weighted by Crippen LogP contribution is 2.35. The second-order valence-electron chi connectivity index (χ2n) is 11.4. The van der Waals surface area contributed by atoms with Gasteiger partial charge in [0.05, 0.1) is 11.8 Å². The third kappa shape index (κ3) is 6.35. The lowest BCUT2D eigenvalue weighted by Gasteiger charge is -2.33. The van der Waals surface area contributed by atoms with Crippen LogP contribution in [0.4, 0.5) is 0 Å². The molecule has 4 amide bonds. The third-order valence-corrected chi connectivity index (χ3v) is 8.56. The van der Waals surface area contributed by atoms with Crippen molar-refractivity contribution < 1.29 is 19.2 Å². The lowest BCUT2D eigenvalue weighted by atomic mass is 9.85. The molecule has 0 bridgehead atoms. The van der Waals surface area contributed by atoms with Gasteiger partial charge >= 0.3 is 0 Å². The molecule has 0 radical (unpaired) electrons. The van der Waals surface area contributed by atoms with E-state index in [1.165, 1.54) is 4.90 Å². The van der Waals surface area contributed by atoms with E-state index in [1.807, 2.05) is 73.7 Å². The zero-order chi connectivity index (χ0) is 28.1. The molecule has 2 aliphatic carbocycles. The monoisotopic (exact) mass is 541 g/mol. The van der Waals surface area contributed by atoms with Crippen molar-refractivity contribution in [1.82, 2.24) is 15.1 Å². The van der Waals surface area contributed by atoms with Gasteiger partial charge in [0.25, 0.3) is 0 Å². The van der Waals surface area contributed by atoms with Gasteiger partial charge in [-0.05, 0) is 43.7 Å². The molecule has 3 aliphatic rings. The summed E-state index contributed by atoms with van der Waals surface area (Å²) in [4.78, 5) is 56.8. The van der Waals surface area contributed by atoms with Crippen LogP contribution in [-0.4, -0.2) is 52.1 Å². The van der Waals surface area contributed by atoms with E-state index < -0.39 is 6.04 Å². The molecule has 0 spiro atoms. The zero-order valence-corrected chi connectivity index (χ0v) is 23.3. The van der Waals surface area contributed by atoms with Crippen molar-refractivity contribution in [3.05, 3.63) is 83.4 Å². The molecule has 0 aromatic heterocycles. The van der Waals surface area contributed by atoms with E-state index in [0.717, 1.165) is 42.4 Å². The van der Waals surface area contributed by atoms with Crippen LogP contribution in [0.2, 0.25) is 0 Å². The second kappa shape index (κ2) is 12.6. The Kier molecular flexibility index (Phi) is 8.78. The predicted molar refractivity (Wildman–Crippen MR) is 153 cm³/mol. The van der Waals surface area contributed by atoms with E-state index in [9.17, 15) is 19.2 Å². The number of allylic oxidation sites excluding steroid dienone is 2. The van der Waals surface area contributed by atoms with Crippen LogP contribution in [0.25, 0.3) is 0 Å². The molecule has 40 heavy (non-hydrogen) atoms. The first-order chi connectivity index (χ1) is 19.4. The maximum atomic E-state index is 14.0. The van der Waals surface area contributed by atoms with Crippen molar-refractivity contribution in [3.8, 4) is 0 Å². The Balaban J connectivity index is 1.39. The molecule has 7 heteroatoms. The Morgan fingerprint density at radius 3 is 2.23 bits per heavy atom. The van der Waals surface area contributed by atoms with Crippen molar-refractivity contribution in [2.45, 2.75) is 76.9 Å². The largest absolute Gasteiger partial charge is 0.352 e. The summed E-state index contributed by atoms with van der Waals surface area (Å²) in [5.74, 6) is -1.40. The quantitative estimate of drug-likeness (QED) is 0.358. The number of hydrogen-bond acceptors (Lipinski definition) is 4. The molecule has 210 valence electrons. The van der Waals surface area contributed by atoms with Crippen LogP contribution in [0, 0.1) is 18.8 Å². The number of benzene rings is 2. The fourth-order valence-corrected chi connectivity index (χ4v) is 6.37. The lowest BCUT2D eigenvalue weighted by molar-refractivity contribution is -0.144. The number of nitrogens with one attached hydrogen (secondary N) is 1. The van der Waals surface area contributed by atoms with Gasteiger partial charge in [0.2, 0.25) is 23.6 Å². The minimum atomic E-state index is -0.715. The van der Waals surface area contributed by atoms with Crippen LogP contribution in [0.3, 0.4) is 0 Å². The normalized spacial score (nSPS) is 21.4. The molecule has 2 aromatic rings. The van der Waals surface area contributed by atoms with E-state index in [4.69, 9.17) is 0 Å². The maximum absolute atomic E-state index is 14.0. The van der Waals surface area contributed by atoms with Gasteiger partial charge in [-0.2, -0.15) is 0 Å². The first kappa shape index (κ1) is 27.8. The van der Waals surface area contributed by atoms with Crippen LogP contribution in [0.5, 0.6) is 0 Å². The van der Waals surface area contributed by atoms with Gasteiger partial charge in [-0.3, -0.25) is 24.1 Å². The zero-order valence-electron chi connectivity index (χ0n) is 23.3. The van der Waals surface area contributed by atoms with Crippen LogP contribution in [-0.2, 0) is 32.1 Å². The van der Waals surface area contributed by atoms with Gasteiger partial charge in [-0.15, -0.1) is 0 Å². The molecule has 1 heterocycles. The fourth-order valence-electron chi connectivity index (χ4n) is 6.37. The Labute approximate surface area is 236 Å². The maximum Gasteiger partial charge on any atom is 0.243 e. The highest BCUT2D eigenvalue weighted by atomic mass is 16.2. The van der Waals surface area contributed by atoms with E-state index in [-0.39, 0.29) is 61.0 Å².